The van der Waals surface area contributed by atoms with Crippen LogP contribution in [0.25, 0.3) is 0 Å². The molecule has 2 atom stereocenters. The number of aromatic amines is 1. The molecule has 188 valence electrons. The normalized spacial score (nSPS) is 16.0. The zero-order valence-electron chi connectivity index (χ0n) is 20.1. The average molecular weight is 490 g/mol. The maximum atomic E-state index is 11.6. The second-order valence-corrected chi connectivity index (χ2v) is 8.89. The molecule has 3 aromatic rings. The lowest BCUT2D eigenvalue weighted by Gasteiger charge is -2.27. The Hall–Kier alpha value is -3.48. The minimum Gasteiger partial charge on any atom is -0.502 e. The number of aromatic nitrogens is 2. The van der Waals surface area contributed by atoms with E-state index in [4.69, 9.17) is 4.74 Å². The van der Waals surface area contributed by atoms with E-state index in [-0.39, 0.29) is 31.2 Å². The Bertz CT molecular complexity index is 1240. The number of aliphatic hydroxyl groups excluding tert-OH is 2. The van der Waals surface area contributed by atoms with Crippen LogP contribution in [0.1, 0.15) is 40.3 Å². The first kappa shape index (κ1) is 25.6. The Morgan fingerprint density at radius 3 is 2.39 bits per heavy atom. The van der Waals surface area contributed by atoms with E-state index < -0.39 is 11.3 Å². The third-order valence-electron chi connectivity index (χ3n) is 6.45. The first-order chi connectivity index (χ1) is 17.6. The Labute approximate surface area is 210 Å². The van der Waals surface area contributed by atoms with Gasteiger partial charge in [0, 0.05) is 49.2 Å². The molecule has 0 bridgehead atoms. The summed E-state index contributed by atoms with van der Waals surface area (Å²) in [4.78, 5) is 20.2. The molecule has 2 aromatic carbocycles. The van der Waals surface area contributed by atoms with Crippen LogP contribution in [-0.2, 0) is 17.7 Å². The van der Waals surface area contributed by atoms with Gasteiger partial charge in [-0.25, -0.2) is 4.98 Å². The topological polar surface area (TPSA) is 119 Å². The van der Waals surface area contributed by atoms with E-state index in [1.165, 1.54) is 11.9 Å². The summed E-state index contributed by atoms with van der Waals surface area (Å²) in [5.41, 5.74) is 3.44. The molecule has 0 unspecified atom stereocenters. The van der Waals surface area contributed by atoms with Gasteiger partial charge in [0.05, 0.1) is 31.8 Å². The number of H-pyrrole nitrogens is 1. The van der Waals surface area contributed by atoms with Gasteiger partial charge in [-0.05, 0) is 41.8 Å². The molecular weight excluding hydrogens is 458 g/mol. The Kier molecular flexibility index (Phi) is 8.87. The van der Waals surface area contributed by atoms with Crippen LogP contribution in [0, 0.1) is 11.8 Å². The fraction of sp³-hybridized carbons (Fsp3) is 0.357. The number of nitrogens with one attached hydrogen (secondary N) is 1. The van der Waals surface area contributed by atoms with Gasteiger partial charge in [-0.15, -0.1) is 0 Å². The third kappa shape index (κ3) is 6.59. The average Bonchev–Trinajstić information content (AvgIpc) is 3.44. The largest absolute Gasteiger partial charge is 0.502 e. The summed E-state index contributed by atoms with van der Waals surface area (Å²) in [5, 5.41) is 29.2. The van der Waals surface area contributed by atoms with E-state index in [1.807, 2.05) is 36.4 Å². The molecule has 1 fully saturated rings. The molecule has 0 amide bonds. The Morgan fingerprint density at radius 1 is 1.08 bits per heavy atom. The van der Waals surface area contributed by atoms with Crippen molar-refractivity contribution in [2.75, 3.05) is 33.0 Å². The van der Waals surface area contributed by atoms with Gasteiger partial charge in [-0.1, -0.05) is 36.1 Å². The molecule has 0 spiro atoms. The second-order valence-electron chi connectivity index (χ2n) is 8.89. The summed E-state index contributed by atoms with van der Waals surface area (Å²) in [7, 11) is 0. The van der Waals surface area contributed by atoms with E-state index >= 15 is 0 Å². The molecule has 1 aliphatic heterocycles. The molecule has 0 radical (unpaired) electrons. The van der Waals surface area contributed by atoms with E-state index in [1.54, 1.807) is 0 Å². The zero-order valence-corrected chi connectivity index (χ0v) is 20.1. The molecule has 1 aliphatic rings. The van der Waals surface area contributed by atoms with Crippen molar-refractivity contribution in [1.82, 2.24) is 14.9 Å². The van der Waals surface area contributed by atoms with Gasteiger partial charge >= 0.3 is 0 Å². The zero-order chi connectivity index (χ0) is 25.3. The number of benzene rings is 2. The first-order valence-corrected chi connectivity index (χ1v) is 12.1. The van der Waals surface area contributed by atoms with Crippen molar-refractivity contribution in [1.29, 1.82) is 0 Å². The van der Waals surface area contributed by atoms with Crippen LogP contribution in [0.15, 0.2) is 59.7 Å². The minimum atomic E-state index is -0.596. The summed E-state index contributed by atoms with van der Waals surface area (Å²) in [5.74, 6) is 5.63. The van der Waals surface area contributed by atoms with Gasteiger partial charge in [0.1, 0.15) is 0 Å². The highest BCUT2D eigenvalue weighted by Crippen LogP contribution is 2.23. The maximum absolute atomic E-state index is 11.6. The molecule has 4 rings (SSSR count). The monoisotopic (exact) mass is 489 g/mol. The molecule has 0 aliphatic carbocycles. The van der Waals surface area contributed by atoms with Crippen LogP contribution in [-0.4, -0.2) is 69.2 Å². The number of rotatable bonds is 9. The van der Waals surface area contributed by atoms with Crippen LogP contribution in [0.3, 0.4) is 0 Å². The fourth-order valence-electron chi connectivity index (χ4n) is 4.34. The van der Waals surface area contributed by atoms with Crippen LogP contribution in [0.4, 0.5) is 0 Å². The first-order valence-electron chi connectivity index (χ1n) is 12.1. The van der Waals surface area contributed by atoms with E-state index in [0.29, 0.717) is 19.2 Å². The van der Waals surface area contributed by atoms with Crippen LogP contribution >= 0.6 is 0 Å². The molecule has 1 aromatic heterocycles. The molecule has 1 saturated heterocycles. The summed E-state index contributed by atoms with van der Waals surface area (Å²) in [6, 6.07) is 16.0. The van der Waals surface area contributed by atoms with Gasteiger partial charge in [-0.2, -0.15) is 0 Å². The Morgan fingerprint density at radius 2 is 1.78 bits per heavy atom. The summed E-state index contributed by atoms with van der Waals surface area (Å²) >= 11 is 0. The number of hydrogen-bond donors (Lipinski definition) is 4. The predicted octanol–water partition coefficient (Wildman–Crippen LogP) is 1.78. The standard InChI is InChI=1S/C28H31N3O5/c32-13-12-31(25-11-14-36-18-25)16-22-5-3-20(4-6-22)1-2-21-7-9-23(10-8-21)24(17-33)15-26-27(34)28(35)30-19-29-26/h3-10,19,24-25,32-34H,11-18H2,(H,29,30,35)/t24-,25-/m1/s1. The highest BCUT2D eigenvalue weighted by molar-refractivity contribution is 5.44. The molecule has 36 heavy (non-hydrogen) atoms. The van der Waals surface area contributed by atoms with Crippen molar-refractivity contribution in [2.24, 2.45) is 0 Å². The highest BCUT2D eigenvalue weighted by atomic mass is 16.5. The summed E-state index contributed by atoms with van der Waals surface area (Å²) in [6.07, 6.45) is 2.48. The van der Waals surface area contributed by atoms with E-state index in [9.17, 15) is 20.1 Å². The number of aromatic hydroxyl groups is 1. The molecule has 8 nitrogen and oxygen atoms in total. The van der Waals surface area contributed by atoms with Gasteiger partial charge in [-0.3, -0.25) is 9.69 Å². The number of aliphatic hydroxyl groups is 2. The number of nitrogens with zero attached hydrogens (tertiary/aromatic N) is 2. The molecule has 8 heteroatoms. The van der Waals surface area contributed by atoms with Crippen molar-refractivity contribution in [2.45, 2.75) is 31.3 Å². The number of ether oxygens (including phenoxy) is 1. The van der Waals surface area contributed by atoms with Crippen molar-refractivity contribution in [3.05, 3.63) is 93.2 Å². The van der Waals surface area contributed by atoms with Crippen LogP contribution in [0.2, 0.25) is 0 Å². The van der Waals surface area contributed by atoms with Crippen LogP contribution in [0.5, 0.6) is 5.75 Å². The lowest BCUT2D eigenvalue weighted by molar-refractivity contribution is 0.118. The van der Waals surface area contributed by atoms with Crippen molar-refractivity contribution < 1.29 is 20.1 Å². The molecular formula is C28H31N3O5. The van der Waals surface area contributed by atoms with E-state index in [0.717, 1.165) is 36.3 Å². The van der Waals surface area contributed by atoms with Gasteiger partial charge < -0.3 is 25.0 Å². The lowest BCUT2D eigenvalue weighted by Crippen LogP contribution is -2.37. The smallest absolute Gasteiger partial charge is 0.293 e. The van der Waals surface area contributed by atoms with E-state index in [2.05, 4.69) is 38.8 Å². The number of hydrogen-bond acceptors (Lipinski definition) is 7. The molecule has 2 heterocycles. The fourth-order valence-corrected chi connectivity index (χ4v) is 4.34. The van der Waals surface area contributed by atoms with Crippen molar-refractivity contribution >= 4 is 0 Å². The third-order valence-corrected chi connectivity index (χ3v) is 6.45. The quantitative estimate of drug-likeness (QED) is 0.338. The second kappa shape index (κ2) is 12.5. The highest BCUT2D eigenvalue weighted by Gasteiger charge is 2.23. The Balaban J connectivity index is 1.39. The summed E-state index contributed by atoms with van der Waals surface area (Å²) < 4.78 is 5.50. The SMILES string of the molecule is O=c1[nH]cnc(C[C@H](CO)c2ccc(C#Cc3ccc(CN(CCO)[C@@H]4CCOC4)cc3)cc2)c1O. The molecule has 0 saturated carbocycles. The van der Waals surface area contributed by atoms with Gasteiger partial charge in [0.2, 0.25) is 5.75 Å². The predicted molar refractivity (Wildman–Crippen MR) is 136 cm³/mol. The van der Waals surface area contributed by atoms with Crippen LogP contribution < -0.4 is 5.56 Å². The minimum absolute atomic E-state index is 0.128. The van der Waals surface area contributed by atoms with Crippen molar-refractivity contribution in [3.63, 3.8) is 0 Å². The van der Waals surface area contributed by atoms with Gasteiger partial charge in [0.25, 0.3) is 5.56 Å². The van der Waals surface area contributed by atoms with Gasteiger partial charge in [0.15, 0.2) is 0 Å². The summed E-state index contributed by atoms with van der Waals surface area (Å²) in [6.45, 7) is 2.87. The van der Waals surface area contributed by atoms with Crippen molar-refractivity contribution in [3.8, 4) is 17.6 Å². The lowest BCUT2D eigenvalue weighted by atomic mass is 9.94. The molecule has 4 N–H and O–H groups in total. The maximum Gasteiger partial charge on any atom is 0.293 e.